The van der Waals surface area contributed by atoms with Crippen LogP contribution in [0.15, 0.2) is 12.1 Å². The molecule has 0 bridgehead atoms. The van der Waals surface area contributed by atoms with Crippen LogP contribution in [0.2, 0.25) is 0 Å². The highest BCUT2D eigenvalue weighted by molar-refractivity contribution is 5.87. The highest BCUT2D eigenvalue weighted by atomic mass is 16.5. The molecule has 2 aromatic rings. The molecule has 3 rings (SSSR count). The average Bonchev–Trinajstić information content (AvgIpc) is 3.08. The fourth-order valence-electron chi connectivity index (χ4n) is 2.43. The Morgan fingerprint density at radius 2 is 2.05 bits per heavy atom. The molecule has 0 aliphatic heterocycles. The first kappa shape index (κ1) is 12.2. The van der Waals surface area contributed by atoms with Crippen LogP contribution in [0, 0.1) is 13.8 Å². The second-order valence-electron chi connectivity index (χ2n) is 5.34. The van der Waals surface area contributed by atoms with Gasteiger partial charge in [-0.25, -0.2) is 4.98 Å². The van der Waals surface area contributed by atoms with Crippen molar-refractivity contribution in [2.45, 2.75) is 39.0 Å². The molecule has 19 heavy (non-hydrogen) atoms. The molecule has 0 atom stereocenters. The second-order valence-corrected chi connectivity index (χ2v) is 5.34. The van der Waals surface area contributed by atoms with Crippen molar-refractivity contribution in [2.24, 2.45) is 0 Å². The summed E-state index contributed by atoms with van der Waals surface area (Å²) in [7, 11) is 0. The van der Waals surface area contributed by atoms with Gasteiger partial charge in [0.2, 0.25) is 0 Å². The largest absolute Gasteiger partial charge is 0.465 e. The normalized spacial score (nSPS) is 16.6. The number of aromatic nitrogens is 2. The molecule has 0 amide bonds. The number of aryl methyl sites for hydroxylation is 2. The molecule has 100 valence electrons. The summed E-state index contributed by atoms with van der Waals surface area (Å²) in [6.07, 6.45) is 1.65. The minimum Gasteiger partial charge on any atom is -0.465 e. The van der Waals surface area contributed by atoms with Gasteiger partial charge in [0.05, 0.1) is 17.6 Å². The first-order chi connectivity index (χ1) is 9.06. The smallest absolute Gasteiger partial charge is 0.319 e. The Morgan fingerprint density at radius 3 is 2.68 bits per heavy atom. The Labute approximate surface area is 112 Å². The highest BCUT2D eigenvalue weighted by Gasteiger charge is 2.55. The highest BCUT2D eigenvalue weighted by Crippen LogP contribution is 2.48. The molecule has 0 saturated heterocycles. The molecule has 4 nitrogen and oxygen atoms in total. The quantitative estimate of drug-likeness (QED) is 0.861. The van der Waals surface area contributed by atoms with Crippen LogP contribution < -0.4 is 0 Å². The molecule has 1 aromatic heterocycles. The van der Waals surface area contributed by atoms with Crippen LogP contribution in [0.4, 0.5) is 0 Å². The van der Waals surface area contributed by atoms with Crippen molar-refractivity contribution in [3.63, 3.8) is 0 Å². The number of nitrogens with zero attached hydrogens (tertiary/aromatic N) is 1. The number of esters is 1. The van der Waals surface area contributed by atoms with E-state index in [1.54, 1.807) is 0 Å². The van der Waals surface area contributed by atoms with Crippen LogP contribution in [0.5, 0.6) is 0 Å². The minimum absolute atomic E-state index is 0.150. The number of hydrogen-bond acceptors (Lipinski definition) is 3. The summed E-state index contributed by atoms with van der Waals surface area (Å²) in [6, 6.07) is 4.15. The van der Waals surface area contributed by atoms with Gasteiger partial charge in [0, 0.05) is 0 Å². The van der Waals surface area contributed by atoms with Crippen molar-refractivity contribution in [3.05, 3.63) is 29.1 Å². The van der Waals surface area contributed by atoms with Gasteiger partial charge in [-0.05, 0) is 56.9 Å². The van der Waals surface area contributed by atoms with Crippen LogP contribution in [0.25, 0.3) is 11.0 Å². The lowest BCUT2D eigenvalue weighted by Crippen LogP contribution is -2.24. The zero-order valence-electron chi connectivity index (χ0n) is 11.5. The van der Waals surface area contributed by atoms with Crippen LogP contribution in [-0.4, -0.2) is 22.5 Å². The lowest BCUT2D eigenvalue weighted by molar-refractivity contribution is -0.146. The Balaban J connectivity index is 2.04. The molecule has 4 heteroatoms. The number of fused-ring (bicyclic) bond motifs is 1. The molecule has 0 unspecified atom stereocenters. The summed E-state index contributed by atoms with van der Waals surface area (Å²) in [6.45, 7) is 6.40. The van der Waals surface area contributed by atoms with Gasteiger partial charge in [0.15, 0.2) is 0 Å². The number of imidazole rings is 1. The number of H-pyrrole nitrogens is 1. The van der Waals surface area contributed by atoms with E-state index in [1.165, 1.54) is 11.1 Å². The molecule has 1 heterocycles. The average molecular weight is 258 g/mol. The van der Waals surface area contributed by atoms with Crippen LogP contribution in [-0.2, 0) is 14.9 Å². The van der Waals surface area contributed by atoms with Crippen LogP contribution >= 0.6 is 0 Å². The summed E-state index contributed by atoms with van der Waals surface area (Å²) < 4.78 is 5.17. The number of rotatable bonds is 3. The van der Waals surface area contributed by atoms with Gasteiger partial charge in [-0.2, -0.15) is 0 Å². The molecule has 1 fully saturated rings. The van der Waals surface area contributed by atoms with Gasteiger partial charge in [-0.15, -0.1) is 0 Å². The summed E-state index contributed by atoms with van der Waals surface area (Å²) >= 11 is 0. The number of aromatic amines is 1. The maximum Gasteiger partial charge on any atom is 0.319 e. The van der Waals surface area contributed by atoms with E-state index in [4.69, 9.17) is 4.74 Å². The minimum atomic E-state index is -0.517. The fourth-order valence-corrected chi connectivity index (χ4v) is 2.43. The van der Waals surface area contributed by atoms with Crippen LogP contribution in [0.1, 0.15) is 36.7 Å². The topological polar surface area (TPSA) is 55.0 Å². The third-order valence-electron chi connectivity index (χ3n) is 3.97. The first-order valence-corrected chi connectivity index (χ1v) is 6.71. The lowest BCUT2D eigenvalue weighted by Gasteiger charge is -2.10. The van der Waals surface area contributed by atoms with Gasteiger partial charge in [0.1, 0.15) is 11.2 Å². The van der Waals surface area contributed by atoms with E-state index in [1.807, 2.05) is 6.92 Å². The van der Waals surface area contributed by atoms with E-state index < -0.39 is 5.41 Å². The van der Waals surface area contributed by atoms with Crippen molar-refractivity contribution in [3.8, 4) is 0 Å². The van der Waals surface area contributed by atoms with Crippen molar-refractivity contribution in [2.75, 3.05) is 6.61 Å². The predicted molar refractivity (Wildman–Crippen MR) is 73.1 cm³/mol. The van der Waals surface area contributed by atoms with E-state index >= 15 is 0 Å². The Morgan fingerprint density at radius 1 is 1.37 bits per heavy atom. The molecular formula is C15H18N2O2. The van der Waals surface area contributed by atoms with Crippen molar-refractivity contribution in [1.82, 2.24) is 9.97 Å². The number of carbonyl (C=O) groups excluding carboxylic acids is 1. The summed E-state index contributed by atoms with van der Waals surface area (Å²) in [5, 5.41) is 0. The van der Waals surface area contributed by atoms with E-state index in [0.717, 1.165) is 29.7 Å². The summed E-state index contributed by atoms with van der Waals surface area (Å²) in [5.74, 6) is 0.605. The first-order valence-electron chi connectivity index (χ1n) is 6.71. The van der Waals surface area contributed by atoms with Gasteiger partial charge >= 0.3 is 5.97 Å². The van der Waals surface area contributed by atoms with E-state index in [0.29, 0.717) is 6.61 Å². The van der Waals surface area contributed by atoms with E-state index in [2.05, 4.69) is 35.9 Å². The van der Waals surface area contributed by atoms with E-state index in [-0.39, 0.29) is 5.97 Å². The third-order valence-corrected chi connectivity index (χ3v) is 3.97. The predicted octanol–water partition coefficient (Wildman–Crippen LogP) is 2.77. The number of hydrogen-bond donors (Lipinski definition) is 1. The SMILES string of the molecule is CCOC(=O)C1(c2nc3cc(C)c(C)cc3[nH]2)CC1. The van der Waals surface area contributed by atoms with Gasteiger partial charge in [-0.3, -0.25) is 4.79 Å². The van der Waals surface area contributed by atoms with Crippen LogP contribution in [0.3, 0.4) is 0 Å². The van der Waals surface area contributed by atoms with Crippen molar-refractivity contribution >= 4 is 17.0 Å². The molecule has 1 aliphatic carbocycles. The standard InChI is InChI=1S/C15H18N2O2/c1-4-19-14(18)15(5-6-15)13-16-11-7-9(2)10(3)8-12(11)17-13/h7-8H,4-6H2,1-3H3,(H,16,17). The Hall–Kier alpha value is -1.84. The molecule has 1 saturated carbocycles. The van der Waals surface area contributed by atoms with Crippen molar-refractivity contribution < 1.29 is 9.53 Å². The molecule has 1 aliphatic rings. The molecule has 1 aromatic carbocycles. The number of benzene rings is 1. The van der Waals surface area contributed by atoms with Crippen molar-refractivity contribution in [1.29, 1.82) is 0 Å². The van der Waals surface area contributed by atoms with Gasteiger partial charge in [0.25, 0.3) is 0 Å². The summed E-state index contributed by atoms with van der Waals surface area (Å²) in [5.41, 5.74) is 3.84. The molecular weight excluding hydrogens is 240 g/mol. The molecule has 0 radical (unpaired) electrons. The number of ether oxygens (including phenoxy) is 1. The number of carbonyl (C=O) groups is 1. The molecule has 0 spiro atoms. The second kappa shape index (κ2) is 4.08. The lowest BCUT2D eigenvalue weighted by atomic mass is 10.1. The zero-order valence-corrected chi connectivity index (χ0v) is 11.5. The maximum atomic E-state index is 12.1. The van der Waals surface area contributed by atoms with E-state index in [9.17, 15) is 4.79 Å². The monoisotopic (exact) mass is 258 g/mol. The fraction of sp³-hybridized carbons (Fsp3) is 0.467. The summed E-state index contributed by atoms with van der Waals surface area (Å²) in [4.78, 5) is 19.9. The third kappa shape index (κ3) is 1.82. The molecule has 1 N–H and O–H groups in total. The Bertz CT molecular complexity index is 614. The van der Waals surface area contributed by atoms with Gasteiger partial charge < -0.3 is 9.72 Å². The number of nitrogens with one attached hydrogen (secondary N) is 1. The van der Waals surface area contributed by atoms with Gasteiger partial charge in [-0.1, -0.05) is 0 Å². The maximum absolute atomic E-state index is 12.1. The Kier molecular flexibility index (Phi) is 2.62. The zero-order chi connectivity index (χ0) is 13.6.